The predicted molar refractivity (Wildman–Crippen MR) is 44.7 cm³/mol. The minimum atomic E-state index is -4.73. The summed E-state index contributed by atoms with van der Waals surface area (Å²) in [4.78, 5) is 21.1. The Morgan fingerprint density at radius 1 is 1.29 bits per heavy atom. The molecule has 82 valence electrons. The summed E-state index contributed by atoms with van der Waals surface area (Å²) in [5, 5.41) is 1.92. The van der Waals surface area contributed by atoms with E-state index in [0.717, 1.165) is 0 Å². The van der Waals surface area contributed by atoms with Gasteiger partial charge in [0.1, 0.15) is 5.78 Å². The second kappa shape index (κ2) is 4.06. The first-order chi connectivity index (χ1) is 6.09. The molecular weight excluding hydrogens is 199 g/mol. The average Bonchev–Trinajstić information content (AvgIpc) is 1.95. The monoisotopic (exact) mass is 211 g/mol. The number of nitroso groups, excluding NO2 is 1. The van der Waals surface area contributed by atoms with Gasteiger partial charge in [-0.15, -0.1) is 0 Å². The quantitative estimate of drug-likeness (QED) is 0.673. The van der Waals surface area contributed by atoms with E-state index in [-0.39, 0.29) is 0 Å². The van der Waals surface area contributed by atoms with Gasteiger partial charge in [-0.1, -0.05) is 25.9 Å². The van der Waals surface area contributed by atoms with Gasteiger partial charge in [-0.25, -0.2) is 0 Å². The smallest absolute Gasteiger partial charge is 0.299 e. The number of alkyl halides is 3. The minimum absolute atomic E-state index is 0.626. The lowest BCUT2D eigenvalue weighted by atomic mass is 9.87. The molecule has 0 N–H and O–H groups in total. The molecule has 14 heavy (non-hydrogen) atoms. The van der Waals surface area contributed by atoms with Crippen LogP contribution in [0.25, 0.3) is 0 Å². The van der Waals surface area contributed by atoms with Gasteiger partial charge in [0, 0.05) is 11.8 Å². The van der Waals surface area contributed by atoms with Crippen LogP contribution in [0, 0.1) is 10.3 Å². The van der Waals surface area contributed by atoms with Crippen LogP contribution in [-0.2, 0) is 4.79 Å². The highest BCUT2D eigenvalue weighted by Crippen LogP contribution is 2.28. The van der Waals surface area contributed by atoms with E-state index in [2.05, 4.69) is 0 Å². The number of hydrogen-bond acceptors (Lipinski definition) is 3. The van der Waals surface area contributed by atoms with Gasteiger partial charge in [0.05, 0.1) is 0 Å². The third-order valence-corrected chi connectivity index (χ3v) is 1.72. The van der Waals surface area contributed by atoms with Gasteiger partial charge in [0.25, 0.3) is 0 Å². The highest BCUT2D eigenvalue weighted by molar-refractivity contribution is 5.84. The second-order valence-electron chi connectivity index (χ2n) is 4.04. The number of Topliss-reactive ketones (excluding diaryl/α,β-unsaturated/α-hetero) is 1. The standard InChI is InChI=1S/C8H12F3NO2/c1-7(2,3)6(13)4-5(12-14)8(9,10)11/h5H,4H2,1-3H3. The largest absolute Gasteiger partial charge is 0.414 e. The zero-order valence-electron chi connectivity index (χ0n) is 8.18. The zero-order chi connectivity index (χ0) is 11.6. The average molecular weight is 211 g/mol. The molecule has 0 heterocycles. The molecule has 0 aliphatic heterocycles. The highest BCUT2D eigenvalue weighted by atomic mass is 19.4. The molecule has 0 saturated heterocycles. The summed E-state index contributed by atoms with van der Waals surface area (Å²) in [6.45, 7) is 4.48. The van der Waals surface area contributed by atoms with Crippen molar-refractivity contribution in [3.63, 3.8) is 0 Å². The van der Waals surface area contributed by atoms with Crippen LogP contribution in [0.1, 0.15) is 27.2 Å². The molecule has 1 unspecified atom stereocenters. The third kappa shape index (κ3) is 3.85. The molecule has 0 saturated carbocycles. The van der Waals surface area contributed by atoms with E-state index in [1.165, 1.54) is 20.8 Å². The topological polar surface area (TPSA) is 46.5 Å². The number of nitrogens with zero attached hydrogens (tertiary/aromatic N) is 1. The summed E-state index contributed by atoms with van der Waals surface area (Å²) in [6.07, 6.45) is -5.61. The number of hydrogen-bond donors (Lipinski definition) is 0. The highest BCUT2D eigenvalue weighted by Gasteiger charge is 2.43. The summed E-state index contributed by atoms with van der Waals surface area (Å²) in [7, 11) is 0. The summed E-state index contributed by atoms with van der Waals surface area (Å²) in [6, 6.07) is -2.42. The van der Waals surface area contributed by atoms with Gasteiger partial charge in [-0.2, -0.15) is 18.1 Å². The Hall–Kier alpha value is -0.940. The van der Waals surface area contributed by atoms with Gasteiger partial charge in [0.15, 0.2) is 6.04 Å². The molecule has 0 spiro atoms. The van der Waals surface area contributed by atoms with E-state index in [1.54, 1.807) is 0 Å². The van der Waals surface area contributed by atoms with Gasteiger partial charge in [-0.05, 0) is 0 Å². The summed E-state index contributed by atoms with van der Waals surface area (Å²) < 4.78 is 36.1. The summed E-state index contributed by atoms with van der Waals surface area (Å²) >= 11 is 0. The summed E-state index contributed by atoms with van der Waals surface area (Å²) in [5.74, 6) is -0.626. The van der Waals surface area contributed by atoms with Gasteiger partial charge >= 0.3 is 6.18 Å². The molecule has 0 aliphatic rings. The fraction of sp³-hybridized carbons (Fsp3) is 0.875. The van der Waals surface area contributed by atoms with Gasteiger partial charge in [0.2, 0.25) is 0 Å². The van der Waals surface area contributed by atoms with E-state index in [4.69, 9.17) is 0 Å². The maximum atomic E-state index is 12.0. The van der Waals surface area contributed by atoms with E-state index in [0.29, 0.717) is 0 Å². The SMILES string of the molecule is CC(C)(C)C(=O)CC(N=O)C(F)(F)F. The first kappa shape index (κ1) is 13.1. The zero-order valence-corrected chi connectivity index (χ0v) is 8.18. The van der Waals surface area contributed by atoms with Crippen LogP contribution < -0.4 is 0 Å². The molecule has 0 amide bonds. The van der Waals surface area contributed by atoms with Crippen molar-refractivity contribution in [3.05, 3.63) is 4.91 Å². The fourth-order valence-electron chi connectivity index (χ4n) is 0.695. The molecular formula is C8H12F3NO2. The molecule has 0 rings (SSSR count). The van der Waals surface area contributed by atoms with Crippen LogP contribution in [0.15, 0.2) is 5.18 Å². The van der Waals surface area contributed by atoms with Crippen LogP contribution in [0.5, 0.6) is 0 Å². The molecule has 0 aromatic rings. The van der Waals surface area contributed by atoms with Crippen LogP contribution in [0.2, 0.25) is 0 Å². The number of carbonyl (C=O) groups is 1. The molecule has 0 fully saturated rings. The van der Waals surface area contributed by atoms with Crippen molar-refractivity contribution in [3.8, 4) is 0 Å². The van der Waals surface area contributed by atoms with Crippen molar-refractivity contribution >= 4 is 5.78 Å². The van der Waals surface area contributed by atoms with Gasteiger partial charge in [-0.3, -0.25) is 4.79 Å². The van der Waals surface area contributed by atoms with Crippen molar-refractivity contribution in [2.75, 3.05) is 0 Å². The van der Waals surface area contributed by atoms with Crippen LogP contribution >= 0.6 is 0 Å². The molecule has 0 aromatic heterocycles. The fourth-order valence-corrected chi connectivity index (χ4v) is 0.695. The predicted octanol–water partition coefficient (Wildman–Crippen LogP) is 2.69. The molecule has 0 aliphatic carbocycles. The van der Waals surface area contributed by atoms with Crippen molar-refractivity contribution in [2.45, 2.75) is 39.4 Å². The van der Waals surface area contributed by atoms with Gasteiger partial charge < -0.3 is 0 Å². The Morgan fingerprint density at radius 3 is 1.93 bits per heavy atom. The lowest BCUT2D eigenvalue weighted by Crippen LogP contribution is -2.33. The molecule has 6 heteroatoms. The molecule has 1 atom stereocenters. The van der Waals surface area contributed by atoms with E-state index < -0.39 is 29.8 Å². The maximum Gasteiger partial charge on any atom is 0.414 e. The number of halogens is 3. The van der Waals surface area contributed by atoms with Crippen LogP contribution in [0.4, 0.5) is 13.2 Å². The molecule has 0 aromatic carbocycles. The molecule has 0 radical (unpaired) electrons. The Kier molecular flexibility index (Phi) is 3.79. The lowest BCUT2D eigenvalue weighted by molar-refractivity contribution is -0.155. The third-order valence-electron chi connectivity index (χ3n) is 1.72. The van der Waals surface area contributed by atoms with Crippen molar-refractivity contribution in [2.24, 2.45) is 10.6 Å². The number of rotatable bonds is 3. The number of carbonyl (C=O) groups excluding carboxylic acids is 1. The van der Waals surface area contributed by atoms with E-state index in [1.807, 2.05) is 5.18 Å². The second-order valence-corrected chi connectivity index (χ2v) is 4.04. The normalized spacial score (nSPS) is 15.0. The Labute approximate surface area is 79.6 Å². The lowest BCUT2D eigenvalue weighted by Gasteiger charge is -2.19. The van der Waals surface area contributed by atoms with E-state index >= 15 is 0 Å². The van der Waals surface area contributed by atoms with Crippen LogP contribution in [-0.4, -0.2) is 18.0 Å². The first-order valence-electron chi connectivity index (χ1n) is 4.01. The van der Waals surface area contributed by atoms with Crippen molar-refractivity contribution in [1.29, 1.82) is 0 Å². The minimum Gasteiger partial charge on any atom is -0.299 e. The Bertz CT molecular complexity index is 230. The van der Waals surface area contributed by atoms with Crippen molar-refractivity contribution in [1.82, 2.24) is 0 Å². The first-order valence-corrected chi connectivity index (χ1v) is 4.01. The Balaban J connectivity index is 4.51. The molecule has 3 nitrogen and oxygen atoms in total. The van der Waals surface area contributed by atoms with E-state index in [9.17, 15) is 22.9 Å². The molecule has 0 bridgehead atoms. The van der Waals surface area contributed by atoms with Crippen molar-refractivity contribution < 1.29 is 18.0 Å². The Morgan fingerprint density at radius 2 is 1.71 bits per heavy atom. The van der Waals surface area contributed by atoms with Crippen LogP contribution in [0.3, 0.4) is 0 Å². The maximum absolute atomic E-state index is 12.0. The summed E-state index contributed by atoms with van der Waals surface area (Å²) in [5.41, 5.74) is -0.881. The number of ketones is 1.